The molecule has 0 N–H and O–H groups in total. The van der Waals surface area contributed by atoms with Crippen molar-refractivity contribution in [1.82, 2.24) is 0 Å². The van der Waals surface area contributed by atoms with E-state index in [2.05, 4.69) is 99.7 Å². The Bertz CT molecular complexity index is 1090. The highest BCUT2D eigenvalue weighted by Crippen LogP contribution is 2.23. The first-order valence-electron chi connectivity index (χ1n) is 17.0. The highest BCUT2D eigenvalue weighted by Gasteiger charge is 2.30. The van der Waals surface area contributed by atoms with Crippen molar-refractivity contribution in [3.8, 4) is 0 Å². The minimum Gasteiger partial charge on any atom is -0.462 e. The smallest absolute Gasteiger partial charge is 0.330 e. The van der Waals surface area contributed by atoms with Crippen molar-refractivity contribution in [2.75, 3.05) is 26.4 Å². The zero-order valence-electron chi connectivity index (χ0n) is 30.8. The standard InChI is InChI=1S/C11H18O4.2C10H14.C9H16O3/c1-5-9(12)14-7-8-15-10(13)11(3,4)6-2;2*1-3-9(2)10-7-5-4-6-8-10;1-4-9(2,3)8(10)12-6-7-5-11-7/h5H,1,6-8H2,2-4H3;2*4-9H,3H2,1-2H3;7H,4-6H2,1-3H3. The van der Waals surface area contributed by atoms with Crippen LogP contribution in [-0.2, 0) is 33.3 Å². The lowest BCUT2D eigenvalue weighted by molar-refractivity contribution is -0.158. The number of ether oxygens (including phenoxy) is 4. The van der Waals surface area contributed by atoms with Crippen molar-refractivity contribution in [3.63, 3.8) is 0 Å². The number of hydrogen-bond acceptors (Lipinski definition) is 7. The summed E-state index contributed by atoms with van der Waals surface area (Å²) in [5, 5.41) is 0. The van der Waals surface area contributed by atoms with E-state index in [1.807, 2.05) is 41.5 Å². The van der Waals surface area contributed by atoms with E-state index in [1.54, 1.807) is 0 Å². The van der Waals surface area contributed by atoms with Crippen LogP contribution in [0.3, 0.4) is 0 Å². The first kappa shape index (κ1) is 43.6. The molecule has 3 atom stereocenters. The molecule has 0 bridgehead atoms. The molecule has 2 aromatic carbocycles. The van der Waals surface area contributed by atoms with Crippen LogP contribution in [0.2, 0.25) is 0 Å². The number of rotatable bonds is 14. The van der Waals surface area contributed by atoms with Gasteiger partial charge in [-0.2, -0.15) is 0 Å². The number of epoxide rings is 1. The quantitative estimate of drug-likeness (QED) is 0.0659. The fourth-order valence-electron chi connectivity index (χ4n) is 3.38. The van der Waals surface area contributed by atoms with Gasteiger partial charge in [-0.25, -0.2) is 4.79 Å². The van der Waals surface area contributed by atoms with Crippen LogP contribution < -0.4 is 0 Å². The van der Waals surface area contributed by atoms with Crippen LogP contribution in [0, 0.1) is 10.8 Å². The predicted molar refractivity (Wildman–Crippen MR) is 191 cm³/mol. The Kier molecular flexibility index (Phi) is 22.1. The molecular weight excluding hydrogens is 592 g/mol. The van der Waals surface area contributed by atoms with Crippen molar-refractivity contribution < 1.29 is 33.3 Å². The largest absolute Gasteiger partial charge is 0.462 e. The van der Waals surface area contributed by atoms with E-state index in [-0.39, 0.29) is 36.7 Å². The lowest BCUT2D eigenvalue weighted by Gasteiger charge is -2.20. The normalized spacial score (nSPS) is 14.6. The van der Waals surface area contributed by atoms with Gasteiger partial charge in [-0.05, 0) is 76.3 Å². The molecule has 7 heteroatoms. The molecule has 2 aromatic rings. The summed E-state index contributed by atoms with van der Waals surface area (Å²) in [6.07, 6.45) is 5.20. The molecule has 1 heterocycles. The Labute approximate surface area is 285 Å². The Hall–Kier alpha value is -3.45. The zero-order chi connectivity index (χ0) is 35.9. The molecule has 0 aromatic heterocycles. The highest BCUT2D eigenvalue weighted by molar-refractivity contribution is 5.81. The highest BCUT2D eigenvalue weighted by atomic mass is 16.6. The summed E-state index contributed by atoms with van der Waals surface area (Å²) in [5.74, 6) is 0.503. The monoisotopic (exact) mass is 654 g/mol. The van der Waals surface area contributed by atoms with Crippen molar-refractivity contribution >= 4 is 17.9 Å². The third-order valence-electron chi connectivity index (χ3n) is 8.37. The fraction of sp³-hybridized carbons (Fsp3) is 0.575. The minimum atomic E-state index is -0.513. The molecule has 0 amide bonds. The van der Waals surface area contributed by atoms with Gasteiger partial charge in [0, 0.05) is 6.08 Å². The molecule has 47 heavy (non-hydrogen) atoms. The van der Waals surface area contributed by atoms with E-state index in [0.717, 1.165) is 19.1 Å². The molecule has 1 fully saturated rings. The average Bonchev–Trinajstić information content (AvgIpc) is 3.94. The molecule has 1 saturated heterocycles. The van der Waals surface area contributed by atoms with Gasteiger partial charge in [0.15, 0.2) is 0 Å². The summed E-state index contributed by atoms with van der Waals surface area (Å²) >= 11 is 0. The van der Waals surface area contributed by atoms with Crippen LogP contribution in [0.25, 0.3) is 0 Å². The second-order valence-electron chi connectivity index (χ2n) is 13.0. The first-order valence-corrected chi connectivity index (χ1v) is 17.0. The van der Waals surface area contributed by atoms with Crippen molar-refractivity contribution in [3.05, 3.63) is 84.4 Å². The van der Waals surface area contributed by atoms with Gasteiger partial charge in [-0.15, -0.1) is 0 Å². The molecule has 0 radical (unpaired) electrons. The Morgan fingerprint density at radius 1 is 0.745 bits per heavy atom. The summed E-state index contributed by atoms with van der Waals surface area (Å²) < 4.78 is 19.6. The number of hydrogen-bond donors (Lipinski definition) is 0. The lowest BCUT2D eigenvalue weighted by Crippen LogP contribution is -2.27. The maximum atomic E-state index is 11.4. The summed E-state index contributed by atoms with van der Waals surface area (Å²) in [5.41, 5.74) is 2.06. The maximum Gasteiger partial charge on any atom is 0.330 e. The number of carbonyl (C=O) groups excluding carboxylic acids is 3. The number of carbonyl (C=O) groups is 3. The van der Waals surface area contributed by atoms with Crippen LogP contribution in [0.4, 0.5) is 0 Å². The molecule has 7 nitrogen and oxygen atoms in total. The van der Waals surface area contributed by atoms with Crippen LogP contribution in [-0.4, -0.2) is 50.4 Å². The van der Waals surface area contributed by atoms with E-state index in [9.17, 15) is 14.4 Å². The summed E-state index contributed by atoms with van der Waals surface area (Å²) in [6.45, 7) is 24.8. The Morgan fingerprint density at radius 3 is 1.47 bits per heavy atom. The Balaban J connectivity index is 0.000000608. The summed E-state index contributed by atoms with van der Waals surface area (Å²) in [6, 6.07) is 21.3. The van der Waals surface area contributed by atoms with Gasteiger partial charge in [-0.3, -0.25) is 9.59 Å². The Morgan fingerprint density at radius 2 is 1.13 bits per heavy atom. The third kappa shape index (κ3) is 19.7. The van der Waals surface area contributed by atoms with Gasteiger partial charge in [0.05, 0.1) is 17.4 Å². The third-order valence-corrected chi connectivity index (χ3v) is 8.37. The summed E-state index contributed by atoms with van der Waals surface area (Å²) in [4.78, 5) is 33.4. The van der Waals surface area contributed by atoms with Crippen LogP contribution in [0.5, 0.6) is 0 Å². The van der Waals surface area contributed by atoms with E-state index in [1.165, 1.54) is 24.0 Å². The van der Waals surface area contributed by atoms with Crippen molar-refractivity contribution in [1.29, 1.82) is 0 Å². The van der Waals surface area contributed by atoms with Crippen molar-refractivity contribution in [2.24, 2.45) is 10.8 Å². The molecular formula is C40H62O7. The van der Waals surface area contributed by atoms with Crippen LogP contribution in [0.1, 0.15) is 118 Å². The lowest BCUT2D eigenvalue weighted by atomic mass is 9.91. The second kappa shape index (κ2) is 23.8. The number of benzene rings is 2. The molecule has 3 unspecified atom stereocenters. The fourth-order valence-corrected chi connectivity index (χ4v) is 3.38. The SMILES string of the molecule is C=CC(=O)OCCOC(=O)C(C)(C)CC.CCC(C)(C)C(=O)OCC1CO1.CCC(C)c1ccccc1.CCC(C)c1ccccc1. The van der Waals surface area contributed by atoms with Crippen LogP contribution in [0.15, 0.2) is 73.3 Å². The second-order valence-corrected chi connectivity index (χ2v) is 13.0. The van der Waals surface area contributed by atoms with Gasteiger partial charge >= 0.3 is 17.9 Å². The van der Waals surface area contributed by atoms with Crippen LogP contribution >= 0.6 is 0 Å². The number of esters is 3. The average molecular weight is 655 g/mol. The van der Waals surface area contributed by atoms with E-state index in [0.29, 0.717) is 24.9 Å². The van der Waals surface area contributed by atoms with Gasteiger partial charge in [0.25, 0.3) is 0 Å². The maximum absolute atomic E-state index is 11.4. The molecule has 0 saturated carbocycles. The zero-order valence-corrected chi connectivity index (χ0v) is 30.8. The van der Waals surface area contributed by atoms with Gasteiger partial charge in [0.1, 0.15) is 25.9 Å². The van der Waals surface area contributed by atoms with E-state index in [4.69, 9.17) is 14.2 Å². The van der Waals surface area contributed by atoms with Gasteiger partial charge in [0.2, 0.25) is 0 Å². The summed E-state index contributed by atoms with van der Waals surface area (Å²) in [7, 11) is 0. The van der Waals surface area contributed by atoms with Gasteiger partial charge in [-0.1, -0.05) is 109 Å². The van der Waals surface area contributed by atoms with Gasteiger partial charge < -0.3 is 18.9 Å². The molecule has 3 rings (SSSR count). The predicted octanol–water partition coefficient (Wildman–Crippen LogP) is 9.46. The first-order chi connectivity index (χ1) is 22.2. The van der Waals surface area contributed by atoms with E-state index >= 15 is 0 Å². The molecule has 0 spiro atoms. The molecule has 1 aliphatic rings. The van der Waals surface area contributed by atoms with Crippen molar-refractivity contribution in [2.45, 2.75) is 113 Å². The topological polar surface area (TPSA) is 91.4 Å². The molecule has 264 valence electrons. The minimum absolute atomic E-state index is 0.0659. The van der Waals surface area contributed by atoms with E-state index < -0.39 is 11.4 Å². The molecule has 1 aliphatic heterocycles. The molecule has 0 aliphatic carbocycles.